The van der Waals surface area contributed by atoms with Crippen LogP contribution < -0.4 is 10.2 Å². The number of halogens is 1. The number of benzene rings is 1. The molecule has 1 aliphatic rings. The number of carbonyl (C=O) groups excluding carboxylic acids is 1. The molecule has 0 spiro atoms. The van der Waals surface area contributed by atoms with E-state index in [1.165, 1.54) is 12.1 Å². The molecule has 1 amide bonds. The summed E-state index contributed by atoms with van der Waals surface area (Å²) in [6.45, 7) is 1.51. The lowest BCUT2D eigenvalue weighted by atomic mass is 10.2. The first-order chi connectivity index (χ1) is 12.2. The Labute approximate surface area is 148 Å². The maximum Gasteiger partial charge on any atom is 0.251 e. The Bertz CT molecular complexity index is 877. The first kappa shape index (κ1) is 15.8. The van der Waals surface area contributed by atoms with E-state index in [4.69, 9.17) is 0 Å². The minimum Gasteiger partial charge on any atom is -0.353 e. The predicted octanol–water partition coefficient (Wildman–Crippen LogP) is 3.29. The number of rotatable bonds is 4. The fourth-order valence-corrected chi connectivity index (χ4v) is 3.71. The summed E-state index contributed by atoms with van der Waals surface area (Å²) in [6, 6.07) is 11.9. The molecule has 0 radical (unpaired) electrons. The molecule has 0 aliphatic carbocycles. The zero-order chi connectivity index (χ0) is 17.2. The Balaban J connectivity index is 1.39. The summed E-state index contributed by atoms with van der Waals surface area (Å²) in [5, 5.41) is 12.5. The molecule has 0 unspecified atom stereocenters. The maximum atomic E-state index is 13.2. The van der Waals surface area contributed by atoms with Gasteiger partial charge in [-0.15, -0.1) is 11.3 Å². The molecular weight excluding hydrogens is 339 g/mol. The number of hydrogen-bond acceptors (Lipinski definition) is 4. The van der Waals surface area contributed by atoms with Gasteiger partial charge >= 0.3 is 0 Å². The van der Waals surface area contributed by atoms with E-state index < -0.39 is 5.82 Å². The highest BCUT2D eigenvalue weighted by atomic mass is 32.1. The van der Waals surface area contributed by atoms with Gasteiger partial charge in [0.05, 0.1) is 10.6 Å². The monoisotopic (exact) mass is 356 g/mol. The zero-order valence-corrected chi connectivity index (χ0v) is 14.2. The van der Waals surface area contributed by atoms with Crippen LogP contribution in [0.1, 0.15) is 16.8 Å². The third-order valence-corrected chi connectivity index (χ3v) is 5.19. The Kier molecular flexibility index (Phi) is 4.23. The second-order valence-electron chi connectivity index (χ2n) is 6.03. The molecule has 2 aromatic heterocycles. The molecular formula is C18H17FN4OS. The maximum absolute atomic E-state index is 13.2. The molecule has 1 atom stereocenters. The van der Waals surface area contributed by atoms with E-state index in [9.17, 15) is 9.18 Å². The molecule has 5 nitrogen and oxygen atoms in total. The van der Waals surface area contributed by atoms with Gasteiger partial charge in [0.1, 0.15) is 5.82 Å². The molecule has 3 aromatic rings. The van der Waals surface area contributed by atoms with Crippen LogP contribution in [0, 0.1) is 5.82 Å². The van der Waals surface area contributed by atoms with E-state index in [0.29, 0.717) is 12.1 Å². The lowest BCUT2D eigenvalue weighted by molar-refractivity contribution is 0.0940. The summed E-state index contributed by atoms with van der Waals surface area (Å²) in [4.78, 5) is 15.5. The Morgan fingerprint density at radius 1 is 1.32 bits per heavy atom. The second-order valence-corrected chi connectivity index (χ2v) is 6.98. The van der Waals surface area contributed by atoms with Gasteiger partial charge in [-0.3, -0.25) is 9.89 Å². The van der Waals surface area contributed by atoms with Gasteiger partial charge in [0, 0.05) is 30.8 Å². The van der Waals surface area contributed by atoms with Crippen molar-refractivity contribution in [1.82, 2.24) is 15.5 Å². The Morgan fingerprint density at radius 3 is 3.04 bits per heavy atom. The normalized spacial score (nSPS) is 17.0. The minimum absolute atomic E-state index is 0.0256. The fraction of sp³-hybridized carbons (Fsp3) is 0.222. The van der Waals surface area contributed by atoms with E-state index in [0.717, 1.165) is 29.4 Å². The van der Waals surface area contributed by atoms with Crippen molar-refractivity contribution in [3.63, 3.8) is 0 Å². The Morgan fingerprint density at radius 2 is 2.24 bits per heavy atom. The van der Waals surface area contributed by atoms with Crippen LogP contribution in [0.15, 0.2) is 47.8 Å². The summed E-state index contributed by atoms with van der Waals surface area (Å²) < 4.78 is 13.2. The molecule has 128 valence electrons. The van der Waals surface area contributed by atoms with Crippen LogP contribution >= 0.6 is 11.3 Å². The molecule has 1 aromatic carbocycles. The van der Waals surface area contributed by atoms with Crippen LogP contribution in [-0.4, -0.2) is 35.2 Å². The first-order valence-corrected chi connectivity index (χ1v) is 8.98. The molecule has 25 heavy (non-hydrogen) atoms. The van der Waals surface area contributed by atoms with Crippen LogP contribution in [0.4, 0.5) is 10.2 Å². The number of anilines is 1. The van der Waals surface area contributed by atoms with E-state index >= 15 is 0 Å². The van der Waals surface area contributed by atoms with E-state index in [1.807, 2.05) is 23.6 Å². The Hall–Kier alpha value is -2.67. The van der Waals surface area contributed by atoms with Crippen LogP contribution in [0.3, 0.4) is 0 Å². The van der Waals surface area contributed by atoms with Crippen molar-refractivity contribution in [1.29, 1.82) is 0 Å². The van der Waals surface area contributed by atoms with Crippen molar-refractivity contribution in [2.24, 2.45) is 0 Å². The third kappa shape index (κ3) is 3.41. The molecule has 7 heteroatoms. The van der Waals surface area contributed by atoms with Gasteiger partial charge in [-0.2, -0.15) is 5.10 Å². The van der Waals surface area contributed by atoms with Gasteiger partial charge in [0.25, 0.3) is 5.91 Å². The lowest BCUT2D eigenvalue weighted by Gasteiger charge is -2.16. The number of nitrogens with one attached hydrogen (secondary N) is 2. The van der Waals surface area contributed by atoms with Gasteiger partial charge in [-0.1, -0.05) is 12.1 Å². The lowest BCUT2D eigenvalue weighted by Crippen LogP contribution is -2.37. The largest absolute Gasteiger partial charge is 0.353 e. The SMILES string of the molecule is O=C(N[C@H]1CCN(c2cc(-c3cccs3)[nH]n2)C1)c1cccc(F)c1. The average molecular weight is 356 g/mol. The topological polar surface area (TPSA) is 61.0 Å². The number of amides is 1. The van der Waals surface area contributed by atoms with Gasteiger partial charge in [-0.05, 0) is 36.1 Å². The van der Waals surface area contributed by atoms with Crippen molar-refractivity contribution < 1.29 is 9.18 Å². The first-order valence-electron chi connectivity index (χ1n) is 8.10. The van der Waals surface area contributed by atoms with Crippen LogP contribution in [0.25, 0.3) is 10.6 Å². The molecule has 3 heterocycles. The standard InChI is InChI=1S/C18H17FN4OS/c19-13-4-1-3-12(9-13)18(24)20-14-6-7-23(11-14)17-10-15(21-22-17)16-5-2-8-25-16/h1-5,8-10,14H,6-7,11H2,(H,20,24)(H,21,22)/t14-/m0/s1. The number of hydrogen-bond donors (Lipinski definition) is 2. The second kappa shape index (κ2) is 6.68. The van der Waals surface area contributed by atoms with Gasteiger partial charge in [0.2, 0.25) is 0 Å². The van der Waals surface area contributed by atoms with Crippen molar-refractivity contribution in [2.45, 2.75) is 12.5 Å². The number of nitrogens with zero attached hydrogens (tertiary/aromatic N) is 2. The number of thiophene rings is 1. The quantitative estimate of drug-likeness (QED) is 0.754. The van der Waals surface area contributed by atoms with Crippen molar-refractivity contribution >= 4 is 23.1 Å². The van der Waals surface area contributed by atoms with E-state index in [2.05, 4.69) is 20.4 Å². The minimum atomic E-state index is -0.404. The average Bonchev–Trinajstić information content (AvgIpc) is 3.35. The molecule has 2 N–H and O–H groups in total. The van der Waals surface area contributed by atoms with Crippen molar-refractivity contribution in [3.8, 4) is 10.6 Å². The van der Waals surface area contributed by atoms with Gasteiger partial charge in [-0.25, -0.2) is 4.39 Å². The number of aromatic amines is 1. The smallest absolute Gasteiger partial charge is 0.251 e. The number of aromatic nitrogens is 2. The zero-order valence-electron chi connectivity index (χ0n) is 13.4. The highest BCUT2D eigenvalue weighted by Gasteiger charge is 2.26. The third-order valence-electron chi connectivity index (χ3n) is 4.29. The summed E-state index contributed by atoms with van der Waals surface area (Å²) in [7, 11) is 0. The highest BCUT2D eigenvalue weighted by molar-refractivity contribution is 7.13. The summed E-state index contributed by atoms with van der Waals surface area (Å²) in [5.41, 5.74) is 1.34. The van der Waals surface area contributed by atoms with Crippen LogP contribution in [0.5, 0.6) is 0 Å². The van der Waals surface area contributed by atoms with Crippen LogP contribution in [0.2, 0.25) is 0 Å². The van der Waals surface area contributed by atoms with Gasteiger partial charge in [0.15, 0.2) is 5.82 Å². The molecule has 4 rings (SSSR count). The van der Waals surface area contributed by atoms with Gasteiger partial charge < -0.3 is 10.2 Å². The molecule has 0 saturated carbocycles. The molecule has 0 bridgehead atoms. The summed E-state index contributed by atoms with van der Waals surface area (Å²) in [6.07, 6.45) is 0.836. The molecule has 1 saturated heterocycles. The number of carbonyl (C=O) groups is 1. The van der Waals surface area contributed by atoms with Crippen molar-refractivity contribution in [3.05, 3.63) is 59.2 Å². The summed E-state index contributed by atoms with van der Waals surface area (Å²) >= 11 is 1.66. The number of H-pyrrole nitrogens is 1. The van der Waals surface area contributed by atoms with Crippen LogP contribution in [-0.2, 0) is 0 Å². The summed E-state index contributed by atoms with van der Waals surface area (Å²) in [5.74, 6) is 0.233. The van der Waals surface area contributed by atoms with E-state index in [-0.39, 0.29) is 11.9 Å². The fourth-order valence-electron chi connectivity index (χ4n) is 3.02. The predicted molar refractivity (Wildman–Crippen MR) is 96.4 cm³/mol. The molecule has 1 fully saturated rings. The highest BCUT2D eigenvalue weighted by Crippen LogP contribution is 2.27. The molecule has 1 aliphatic heterocycles. The van der Waals surface area contributed by atoms with E-state index in [1.54, 1.807) is 23.5 Å². The van der Waals surface area contributed by atoms with Crippen molar-refractivity contribution in [2.75, 3.05) is 18.0 Å².